The number of ether oxygens (including phenoxy) is 1. The number of carbonyl (C=O) groups excluding carboxylic acids is 1. The summed E-state index contributed by atoms with van der Waals surface area (Å²) in [5, 5.41) is 11.4. The number of aromatic nitrogens is 3. The zero-order valence-corrected chi connectivity index (χ0v) is 13.6. The van der Waals surface area contributed by atoms with Crippen LogP contribution in [0.1, 0.15) is 44.5 Å². The Morgan fingerprint density at radius 1 is 1.39 bits per heavy atom. The van der Waals surface area contributed by atoms with E-state index in [1.807, 2.05) is 9.47 Å². The van der Waals surface area contributed by atoms with Gasteiger partial charge < -0.3 is 19.5 Å². The summed E-state index contributed by atoms with van der Waals surface area (Å²) in [6, 6.07) is 0.452. The number of nitrogens with one attached hydrogen (secondary N) is 1. The molecule has 0 radical (unpaired) electrons. The highest BCUT2D eigenvalue weighted by atomic mass is 16.5. The Morgan fingerprint density at radius 2 is 2.13 bits per heavy atom. The second-order valence-electron chi connectivity index (χ2n) is 6.93. The van der Waals surface area contributed by atoms with Crippen LogP contribution < -0.4 is 5.32 Å². The van der Waals surface area contributed by atoms with Crippen LogP contribution in [0.3, 0.4) is 0 Å². The Balaban J connectivity index is 1.39. The highest BCUT2D eigenvalue weighted by Gasteiger charge is 2.43. The summed E-state index contributed by atoms with van der Waals surface area (Å²) in [6.07, 6.45) is 6.62. The van der Waals surface area contributed by atoms with Gasteiger partial charge in [0.2, 0.25) is 0 Å². The zero-order valence-electron chi connectivity index (χ0n) is 13.6. The molecule has 2 saturated carbocycles. The lowest BCUT2D eigenvalue weighted by molar-refractivity contribution is -0.0222. The molecular weight excluding hydrogens is 294 g/mol. The smallest absolute Gasteiger partial charge is 0.317 e. The molecule has 4 rings (SSSR count). The number of hydrogen-bond donors (Lipinski definition) is 1. The second kappa shape index (κ2) is 6.11. The van der Waals surface area contributed by atoms with Crippen LogP contribution in [0.2, 0.25) is 0 Å². The Bertz CT molecular complexity index is 555. The molecule has 7 heteroatoms. The Morgan fingerprint density at radius 3 is 2.78 bits per heavy atom. The second-order valence-corrected chi connectivity index (χ2v) is 6.93. The molecule has 0 aromatic carbocycles. The molecule has 1 aromatic rings. The first kappa shape index (κ1) is 14.9. The van der Waals surface area contributed by atoms with Crippen molar-refractivity contribution in [2.75, 3.05) is 19.7 Å². The van der Waals surface area contributed by atoms with Crippen molar-refractivity contribution in [3.05, 3.63) is 12.2 Å². The van der Waals surface area contributed by atoms with Crippen LogP contribution in [0.4, 0.5) is 4.79 Å². The molecule has 1 N–H and O–H groups in total. The average Bonchev–Trinajstić information content (AvgIpc) is 3.51. The average molecular weight is 319 g/mol. The molecule has 126 valence electrons. The molecule has 0 spiro atoms. The van der Waals surface area contributed by atoms with Crippen molar-refractivity contribution >= 4 is 6.03 Å². The molecule has 1 atom stereocenters. The van der Waals surface area contributed by atoms with Gasteiger partial charge in [-0.15, -0.1) is 10.2 Å². The van der Waals surface area contributed by atoms with Crippen molar-refractivity contribution in [3.8, 4) is 0 Å². The summed E-state index contributed by atoms with van der Waals surface area (Å²) in [6.45, 7) is 4.60. The van der Waals surface area contributed by atoms with Crippen LogP contribution in [0.25, 0.3) is 0 Å². The van der Waals surface area contributed by atoms with E-state index in [0.29, 0.717) is 37.6 Å². The third-order valence-corrected chi connectivity index (χ3v) is 5.18. The standard InChI is InChI=1S/C16H25N5O2/c1-2-20-10-17-19-15(20)13-9-21(7-8-23-13)16(22)18-14(11-3-4-11)12-5-6-12/h10-14H,2-9H2,1H3,(H,18,22)/t13-/m1/s1. The molecular formula is C16H25N5O2. The zero-order chi connectivity index (χ0) is 15.8. The van der Waals surface area contributed by atoms with Crippen LogP contribution in [0, 0.1) is 11.8 Å². The lowest BCUT2D eigenvalue weighted by atomic mass is 10.1. The summed E-state index contributed by atoms with van der Waals surface area (Å²) in [5.74, 6) is 2.24. The molecule has 1 aromatic heterocycles. The molecule has 1 aliphatic heterocycles. The van der Waals surface area contributed by atoms with Gasteiger partial charge >= 0.3 is 6.03 Å². The number of hydrogen-bond acceptors (Lipinski definition) is 4. The third kappa shape index (κ3) is 3.20. The summed E-state index contributed by atoms with van der Waals surface area (Å²) < 4.78 is 7.80. The number of urea groups is 1. The Hall–Kier alpha value is -1.63. The number of nitrogens with zero attached hydrogens (tertiary/aromatic N) is 4. The fourth-order valence-corrected chi connectivity index (χ4v) is 3.51. The van der Waals surface area contributed by atoms with Gasteiger partial charge in [0.25, 0.3) is 0 Å². The SMILES string of the molecule is CCn1cnnc1[C@H]1CN(C(=O)NC(C2CC2)C2CC2)CCO1. The molecule has 3 aliphatic rings. The van der Waals surface area contributed by atoms with E-state index in [1.54, 1.807) is 6.33 Å². The molecule has 3 fully saturated rings. The first-order valence-electron chi connectivity index (χ1n) is 8.81. The Kier molecular flexibility index (Phi) is 3.97. The van der Waals surface area contributed by atoms with E-state index in [-0.39, 0.29) is 12.1 Å². The van der Waals surface area contributed by atoms with Crippen LogP contribution >= 0.6 is 0 Å². The molecule has 23 heavy (non-hydrogen) atoms. The molecule has 2 heterocycles. The lowest BCUT2D eigenvalue weighted by Gasteiger charge is -2.33. The largest absolute Gasteiger partial charge is 0.366 e. The summed E-state index contributed by atoms with van der Waals surface area (Å²) >= 11 is 0. The predicted molar refractivity (Wildman–Crippen MR) is 83.7 cm³/mol. The van der Waals surface area contributed by atoms with E-state index < -0.39 is 0 Å². The maximum Gasteiger partial charge on any atom is 0.317 e. The molecule has 1 saturated heterocycles. The molecule has 7 nitrogen and oxygen atoms in total. The number of carbonyl (C=O) groups is 1. The van der Waals surface area contributed by atoms with Crippen LogP contribution in [-0.4, -0.2) is 51.4 Å². The number of amides is 2. The normalized spacial score (nSPS) is 25.0. The van der Waals surface area contributed by atoms with Gasteiger partial charge in [0.15, 0.2) is 5.82 Å². The van der Waals surface area contributed by atoms with Crippen molar-refractivity contribution in [2.24, 2.45) is 11.8 Å². The van der Waals surface area contributed by atoms with Gasteiger partial charge in [-0.25, -0.2) is 4.79 Å². The molecule has 0 unspecified atom stereocenters. The summed E-state index contributed by atoms with van der Waals surface area (Å²) in [5.41, 5.74) is 0. The minimum absolute atomic E-state index is 0.0599. The number of aryl methyl sites for hydroxylation is 1. The van der Waals surface area contributed by atoms with Crippen molar-refractivity contribution in [1.82, 2.24) is 25.0 Å². The maximum absolute atomic E-state index is 12.7. The molecule has 0 bridgehead atoms. The summed E-state index contributed by atoms with van der Waals surface area (Å²) in [7, 11) is 0. The van der Waals surface area contributed by atoms with Gasteiger partial charge in [-0.2, -0.15) is 0 Å². The lowest BCUT2D eigenvalue weighted by Crippen LogP contribution is -2.51. The minimum atomic E-state index is -0.183. The van der Waals surface area contributed by atoms with Gasteiger partial charge in [-0.1, -0.05) is 0 Å². The molecule has 2 amide bonds. The van der Waals surface area contributed by atoms with Crippen LogP contribution in [-0.2, 0) is 11.3 Å². The van der Waals surface area contributed by atoms with Gasteiger partial charge in [0.05, 0.1) is 13.2 Å². The van der Waals surface area contributed by atoms with Crippen molar-refractivity contribution in [3.63, 3.8) is 0 Å². The first-order chi connectivity index (χ1) is 11.3. The van der Waals surface area contributed by atoms with Gasteiger partial charge in [0, 0.05) is 19.1 Å². The third-order valence-electron chi connectivity index (χ3n) is 5.18. The maximum atomic E-state index is 12.7. The van der Waals surface area contributed by atoms with Gasteiger partial charge in [-0.05, 0) is 44.4 Å². The Labute approximate surface area is 136 Å². The number of morpholine rings is 1. The monoisotopic (exact) mass is 319 g/mol. The topological polar surface area (TPSA) is 72.3 Å². The fraction of sp³-hybridized carbons (Fsp3) is 0.812. The highest BCUT2D eigenvalue weighted by Crippen LogP contribution is 2.44. The summed E-state index contributed by atoms with van der Waals surface area (Å²) in [4.78, 5) is 14.5. The van der Waals surface area contributed by atoms with Crippen molar-refractivity contribution in [2.45, 2.75) is 51.3 Å². The van der Waals surface area contributed by atoms with E-state index in [9.17, 15) is 4.79 Å². The van der Waals surface area contributed by atoms with Gasteiger partial charge in [0.1, 0.15) is 12.4 Å². The van der Waals surface area contributed by atoms with Crippen molar-refractivity contribution in [1.29, 1.82) is 0 Å². The van der Waals surface area contributed by atoms with E-state index >= 15 is 0 Å². The quantitative estimate of drug-likeness (QED) is 0.894. The van der Waals surface area contributed by atoms with Crippen LogP contribution in [0.5, 0.6) is 0 Å². The number of rotatable bonds is 5. The van der Waals surface area contributed by atoms with Gasteiger partial charge in [-0.3, -0.25) is 0 Å². The van der Waals surface area contributed by atoms with Crippen molar-refractivity contribution < 1.29 is 9.53 Å². The molecule has 2 aliphatic carbocycles. The predicted octanol–water partition coefficient (Wildman–Crippen LogP) is 1.57. The van der Waals surface area contributed by atoms with E-state index in [1.165, 1.54) is 25.7 Å². The fourth-order valence-electron chi connectivity index (χ4n) is 3.51. The minimum Gasteiger partial charge on any atom is -0.366 e. The van der Waals surface area contributed by atoms with E-state index in [4.69, 9.17) is 4.74 Å². The first-order valence-corrected chi connectivity index (χ1v) is 8.81. The highest BCUT2D eigenvalue weighted by molar-refractivity contribution is 5.74. The van der Waals surface area contributed by atoms with Crippen LogP contribution in [0.15, 0.2) is 6.33 Å². The van der Waals surface area contributed by atoms with E-state index in [2.05, 4.69) is 22.4 Å². The van der Waals surface area contributed by atoms with E-state index in [0.717, 1.165) is 12.4 Å².